The first-order valence-corrected chi connectivity index (χ1v) is 7.20. The van der Waals surface area contributed by atoms with Crippen molar-refractivity contribution in [2.45, 2.75) is 19.4 Å². The molecule has 1 aromatic carbocycles. The summed E-state index contributed by atoms with van der Waals surface area (Å²) in [5, 5.41) is 12.0. The molecular weight excluding hydrogens is 254 g/mol. The van der Waals surface area contributed by atoms with Crippen molar-refractivity contribution < 1.29 is 10.0 Å². The van der Waals surface area contributed by atoms with E-state index in [0.29, 0.717) is 0 Å². The number of benzene rings is 1. The lowest BCUT2D eigenvalue weighted by molar-refractivity contribution is -0.134. The summed E-state index contributed by atoms with van der Waals surface area (Å²) in [7, 11) is 0. The summed E-state index contributed by atoms with van der Waals surface area (Å²) in [6.45, 7) is 4.69. The number of nitrogens with zero attached hydrogens (tertiary/aromatic N) is 1. The third kappa shape index (κ3) is 4.59. The zero-order valence-corrected chi connectivity index (χ0v) is 11.7. The molecule has 110 valence electrons. The number of likely N-dealkylation sites (tertiary alicyclic amines) is 1. The van der Waals surface area contributed by atoms with E-state index in [2.05, 4.69) is 22.3 Å². The van der Waals surface area contributed by atoms with E-state index in [9.17, 15) is 4.79 Å². The molecule has 0 radical (unpaired) electrons. The number of carbonyl (C=O) groups is 1. The number of hydroxylamine groups is 1. The molecule has 0 aromatic heterocycles. The molecule has 5 heteroatoms. The number of hydrogen-bond acceptors (Lipinski definition) is 4. The lowest BCUT2D eigenvalue weighted by Crippen LogP contribution is -2.42. The molecular formula is C15H23N3O2. The summed E-state index contributed by atoms with van der Waals surface area (Å²) >= 11 is 0. The molecule has 1 aromatic rings. The summed E-state index contributed by atoms with van der Waals surface area (Å²) in [4.78, 5) is 13.7. The minimum Gasteiger partial charge on any atom is -0.311 e. The second-order valence-electron chi connectivity index (χ2n) is 5.25. The van der Waals surface area contributed by atoms with Gasteiger partial charge >= 0.3 is 0 Å². The van der Waals surface area contributed by atoms with Gasteiger partial charge in [-0.05, 0) is 31.5 Å². The Morgan fingerprint density at radius 1 is 1.25 bits per heavy atom. The first kappa shape index (κ1) is 15.0. The van der Waals surface area contributed by atoms with Crippen molar-refractivity contribution >= 4 is 5.91 Å². The molecule has 0 spiro atoms. The van der Waals surface area contributed by atoms with Crippen LogP contribution in [0.1, 0.15) is 18.4 Å². The molecule has 1 heterocycles. The molecule has 2 rings (SSSR count). The van der Waals surface area contributed by atoms with E-state index in [4.69, 9.17) is 5.21 Å². The molecule has 0 atom stereocenters. The number of amides is 1. The van der Waals surface area contributed by atoms with Gasteiger partial charge < -0.3 is 10.2 Å². The van der Waals surface area contributed by atoms with Crippen LogP contribution in [0.4, 0.5) is 0 Å². The van der Waals surface area contributed by atoms with Crippen LogP contribution in [0.15, 0.2) is 30.3 Å². The van der Waals surface area contributed by atoms with Crippen molar-refractivity contribution in [2.24, 2.45) is 5.92 Å². The smallest absolute Gasteiger partial charge is 0.246 e. The van der Waals surface area contributed by atoms with Gasteiger partial charge in [0.25, 0.3) is 0 Å². The van der Waals surface area contributed by atoms with E-state index in [1.165, 1.54) is 5.56 Å². The molecule has 0 unspecified atom stereocenters. The predicted molar refractivity (Wildman–Crippen MR) is 77.2 cm³/mol. The molecule has 1 aliphatic rings. The van der Waals surface area contributed by atoms with Gasteiger partial charge in [-0.3, -0.25) is 10.0 Å². The zero-order chi connectivity index (χ0) is 14.2. The first-order chi connectivity index (χ1) is 9.79. The molecule has 0 saturated carbocycles. The predicted octanol–water partition coefficient (Wildman–Crippen LogP) is 0.994. The van der Waals surface area contributed by atoms with E-state index in [-0.39, 0.29) is 11.8 Å². The van der Waals surface area contributed by atoms with Gasteiger partial charge in [0, 0.05) is 25.6 Å². The molecule has 1 fully saturated rings. The van der Waals surface area contributed by atoms with Crippen LogP contribution in [0.25, 0.3) is 0 Å². The summed E-state index contributed by atoms with van der Waals surface area (Å²) in [5.41, 5.74) is 3.05. The summed E-state index contributed by atoms with van der Waals surface area (Å²) in [6, 6.07) is 10.4. The molecule has 3 N–H and O–H groups in total. The maximum Gasteiger partial charge on any atom is 0.246 e. The fourth-order valence-corrected chi connectivity index (χ4v) is 2.58. The molecule has 1 saturated heterocycles. The van der Waals surface area contributed by atoms with Gasteiger partial charge in [-0.2, -0.15) is 0 Å². The van der Waals surface area contributed by atoms with Gasteiger partial charge in [0.05, 0.1) is 0 Å². The first-order valence-electron chi connectivity index (χ1n) is 7.20. The van der Waals surface area contributed by atoms with Crippen LogP contribution in [-0.2, 0) is 11.3 Å². The summed E-state index contributed by atoms with van der Waals surface area (Å²) in [6.07, 6.45) is 1.65. The third-order valence-electron chi connectivity index (χ3n) is 3.85. The number of nitrogens with one attached hydrogen (secondary N) is 2. The fraction of sp³-hybridized carbons (Fsp3) is 0.533. The Bertz CT molecular complexity index is 403. The number of hydrogen-bond donors (Lipinski definition) is 3. The van der Waals surface area contributed by atoms with Crippen molar-refractivity contribution in [3.63, 3.8) is 0 Å². The average molecular weight is 277 g/mol. The Labute approximate surface area is 119 Å². The highest BCUT2D eigenvalue weighted by atomic mass is 16.5. The lowest BCUT2D eigenvalue weighted by Gasteiger charge is -2.30. The van der Waals surface area contributed by atoms with Gasteiger partial charge in [-0.15, -0.1) is 0 Å². The van der Waals surface area contributed by atoms with Gasteiger partial charge in [0.2, 0.25) is 5.91 Å². The zero-order valence-electron chi connectivity index (χ0n) is 11.7. The maximum atomic E-state index is 11.3. The standard InChI is InChI=1S/C15H23N3O2/c19-15(17-20)14-6-9-18(10-7-14)11-8-16-12-13-4-2-1-3-5-13/h1-5,14,16,20H,6-12H2,(H,17,19). The van der Waals surface area contributed by atoms with E-state index in [1.807, 2.05) is 18.2 Å². The van der Waals surface area contributed by atoms with E-state index < -0.39 is 0 Å². The minimum atomic E-state index is -0.244. The largest absolute Gasteiger partial charge is 0.311 e. The quantitative estimate of drug-likeness (QED) is 0.412. The molecule has 1 aliphatic heterocycles. The summed E-state index contributed by atoms with van der Waals surface area (Å²) < 4.78 is 0. The van der Waals surface area contributed by atoms with Crippen molar-refractivity contribution in [3.8, 4) is 0 Å². The second kappa shape index (κ2) is 7.99. The van der Waals surface area contributed by atoms with Crippen LogP contribution in [0.3, 0.4) is 0 Å². The van der Waals surface area contributed by atoms with Crippen LogP contribution in [0.2, 0.25) is 0 Å². The molecule has 1 amide bonds. The maximum absolute atomic E-state index is 11.3. The highest BCUT2D eigenvalue weighted by Gasteiger charge is 2.24. The normalized spacial score (nSPS) is 17.1. The average Bonchev–Trinajstić information content (AvgIpc) is 2.52. The number of carbonyl (C=O) groups excluding carboxylic acids is 1. The van der Waals surface area contributed by atoms with E-state index in [1.54, 1.807) is 5.48 Å². The Morgan fingerprint density at radius 3 is 2.60 bits per heavy atom. The van der Waals surface area contributed by atoms with Crippen LogP contribution in [-0.4, -0.2) is 42.2 Å². The van der Waals surface area contributed by atoms with Gasteiger partial charge in [-0.25, -0.2) is 5.48 Å². The van der Waals surface area contributed by atoms with Gasteiger partial charge in [0.15, 0.2) is 0 Å². The van der Waals surface area contributed by atoms with Crippen LogP contribution >= 0.6 is 0 Å². The van der Waals surface area contributed by atoms with Crippen molar-refractivity contribution in [1.82, 2.24) is 15.7 Å². The van der Waals surface area contributed by atoms with Crippen molar-refractivity contribution in [2.75, 3.05) is 26.2 Å². The van der Waals surface area contributed by atoms with Gasteiger partial charge in [-0.1, -0.05) is 30.3 Å². The van der Waals surface area contributed by atoms with Crippen molar-refractivity contribution in [3.05, 3.63) is 35.9 Å². The molecule has 0 aliphatic carbocycles. The SMILES string of the molecule is O=C(NO)C1CCN(CCNCc2ccccc2)CC1. The highest BCUT2D eigenvalue weighted by molar-refractivity contribution is 5.77. The fourth-order valence-electron chi connectivity index (χ4n) is 2.58. The molecule has 0 bridgehead atoms. The van der Waals surface area contributed by atoms with Crippen LogP contribution in [0, 0.1) is 5.92 Å². The highest BCUT2D eigenvalue weighted by Crippen LogP contribution is 2.16. The summed E-state index contributed by atoms with van der Waals surface area (Å²) in [5.74, 6) is -0.277. The second-order valence-corrected chi connectivity index (χ2v) is 5.25. The molecule has 20 heavy (non-hydrogen) atoms. The van der Waals surface area contributed by atoms with Crippen LogP contribution in [0.5, 0.6) is 0 Å². The minimum absolute atomic E-state index is 0.0338. The Balaban J connectivity index is 1.58. The molecule has 5 nitrogen and oxygen atoms in total. The Hall–Kier alpha value is -1.43. The Kier molecular flexibility index (Phi) is 5.98. The number of piperidine rings is 1. The van der Waals surface area contributed by atoms with E-state index in [0.717, 1.165) is 45.6 Å². The Morgan fingerprint density at radius 2 is 1.95 bits per heavy atom. The van der Waals surface area contributed by atoms with Crippen LogP contribution < -0.4 is 10.8 Å². The number of rotatable bonds is 6. The lowest BCUT2D eigenvalue weighted by atomic mass is 9.96. The topological polar surface area (TPSA) is 64.6 Å². The van der Waals surface area contributed by atoms with E-state index >= 15 is 0 Å². The third-order valence-corrected chi connectivity index (χ3v) is 3.85. The van der Waals surface area contributed by atoms with Crippen molar-refractivity contribution in [1.29, 1.82) is 0 Å². The van der Waals surface area contributed by atoms with Gasteiger partial charge in [0.1, 0.15) is 0 Å². The monoisotopic (exact) mass is 277 g/mol.